The third-order valence-corrected chi connectivity index (χ3v) is 4.73. The number of rotatable bonds is 4. The first kappa shape index (κ1) is 19.1. The van der Waals surface area contributed by atoms with E-state index in [1.54, 1.807) is 0 Å². The highest BCUT2D eigenvalue weighted by Crippen LogP contribution is 3.02. The quantitative estimate of drug-likeness (QED) is 0.308. The predicted molar refractivity (Wildman–Crippen MR) is 91.4 cm³/mol. The molecule has 0 spiro atoms. The number of nitrogens with one attached hydrogen (secondary N) is 2. The normalized spacial score (nSPS) is 14.3. The molecule has 2 amide bonds. The van der Waals surface area contributed by atoms with E-state index < -0.39 is 21.2 Å². The summed E-state index contributed by atoms with van der Waals surface area (Å²) < 4.78 is 63.1. The number of carbonyl (C=O) groups is 1. The minimum atomic E-state index is -9.73. The molecule has 0 heterocycles. The molecule has 0 saturated carbocycles. The molecule has 0 aliphatic carbocycles. The van der Waals surface area contributed by atoms with Gasteiger partial charge in [-0.25, -0.2) is 4.79 Å². The lowest BCUT2D eigenvalue weighted by molar-refractivity contribution is 0.262. The number of hydrogen-bond donors (Lipinski definition) is 4. The molecule has 12 heteroatoms. The van der Waals surface area contributed by atoms with Gasteiger partial charge in [-0.1, -0.05) is 19.4 Å². The van der Waals surface area contributed by atoms with Gasteiger partial charge in [0, 0.05) is 22.0 Å². The van der Waals surface area contributed by atoms with Crippen LogP contribution >= 0.6 is 22.2 Å². The Hall–Kier alpha value is -2.18. The van der Waals surface area contributed by atoms with Crippen LogP contribution in [0.25, 0.3) is 0 Å². The second-order valence-electron chi connectivity index (χ2n) is 4.94. The van der Waals surface area contributed by atoms with Crippen LogP contribution in [0.3, 0.4) is 0 Å². The molecule has 0 aromatic heterocycles. The number of hydrogen-bond acceptors (Lipinski definition) is 4. The number of benzene rings is 2. The summed E-state index contributed by atoms with van der Waals surface area (Å²) in [5.41, 5.74) is 6.30. The third kappa shape index (κ3) is 5.14. The Balaban J connectivity index is 2.09. The Kier molecular flexibility index (Phi) is 4.35. The summed E-state index contributed by atoms with van der Waals surface area (Å²) >= 11 is 0.873. The van der Waals surface area contributed by atoms with Crippen LogP contribution in [0.2, 0.25) is 0 Å². The summed E-state index contributed by atoms with van der Waals surface area (Å²) in [6, 6.07) is 5.61. The van der Waals surface area contributed by atoms with E-state index in [1.165, 1.54) is 18.2 Å². The number of anilines is 3. The SMILES string of the molecule is NSc1cc(NC(=O)Nc2ccc(S(F)(F)(F)(F)F)cc2)ccc1N. The van der Waals surface area contributed by atoms with Crippen molar-refractivity contribution in [3.63, 3.8) is 0 Å². The molecule has 5 nitrogen and oxygen atoms in total. The molecule has 25 heavy (non-hydrogen) atoms. The fraction of sp³-hybridized carbons (Fsp3) is 0. The van der Waals surface area contributed by atoms with Gasteiger partial charge >= 0.3 is 16.3 Å². The summed E-state index contributed by atoms with van der Waals surface area (Å²) in [5.74, 6) is 0. The van der Waals surface area contributed by atoms with Gasteiger partial charge < -0.3 is 16.4 Å². The van der Waals surface area contributed by atoms with Gasteiger partial charge in [0.15, 0.2) is 0 Å². The van der Waals surface area contributed by atoms with Gasteiger partial charge in [-0.3, -0.25) is 5.14 Å². The van der Waals surface area contributed by atoms with E-state index >= 15 is 0 Å². The molecular formula is C13H13F5N4OS2. The topological polar surface area (TPSA) is 93.2 Å². The van der Waals surface area contributed by atoms with Gasteiger partial charge in [0.2, 0.25) is 0 Å². The molecule has 0 aliphatic rings. The molecule has 2 aromatic rings. The van der Waals surface area contributed by atoms with Gasteiger partial charge in [0.1, 0.15) is 4.90 Å². The fourth-order valence-electron chi connectivity index (χ4n) is 1.80. The molecule has 138 valence electrons. The number of urea groups is 1. The summed E-state index contributed by atoms with van der Waals surface area (Å²) in [7, 11) is -9.73. The number of halogens is 5. The number of amides is 2. The van der Waals surface area contributed by atoms with Crippen molar-refractivity contribution in [1.29, 1.82) is 0 Å². The standard InChI is InChI=1S/C13H13F5N4OS2/c14-25(15,16,17,18)10-4-1-8(2-5-10)21-13(23)22-9-3-6-11(19)12(7-9)24-20/h1-7H,19-20H2,(H2,21,22,23). The van der Waals surface area contributed by atoms with Crippen LogP contribution in [0.5, 0.6) is 0 Å². The molecule has 0 fully saturated rings. The Morgan fingerprint density at radius 2 is 1.44 bits per heavy atom. The summed E-state index contributed by atoms with van der Waals surface area (Å²) in [4.78, 5) is 10.3. The number of nitrogen functional groups attached to an aromatic ring is 1. The molecule has 2 aromatic carbocycles. The van der Waals surface area contributed by atoms with Crippen LogP contribution in [0.1, 0.15) is 0 Å². The molecule has 0 bridgehead atoms. The lowest BCUT2D eigenvalue weighted by atomic mass is 10.3. The molecule has 0 unspecified atom stereocenters. The van der Waals surface area contributed by atoms with Crippen molar-refractivity contribution in [2.24, 2.45) is 5.14 Å². The second kappa shape index (κ2) is 5.68. The van der Waals surface area contributed by atoms with E-state index in [2.05, 4.69) is 10.6 Å². The minimum Gasteiger partial charge on any atom is -0.398 e. The molecule has 0 atom stereocenters. The van der Waals surface area contributed by atoms with Crippen molar-refractivity contribution in [3.05, 3.63) is 42.5 Å². The predicted octanol–water partition coefficient (Wildman–Crippen LogP) is 5.54. The van der Waals surface area contributed by atoms with E-state index in [9.17, 15) is 24.2 Å². The first-order chi connectivity index (χ1) is 11.3. The summed E-state index contributed by atoms with van der Waals surface area (Å²) in [5, 5.41) is 10.0. The van der Waals surface area contributed by atoms with Crippen molar-refractivity contribution in [1.82, 2.24) is 0 Å². The Morgan fingerprint density at radius 1 is 0.920 bits per heavy atom. The smallest absolute Gasteiger partial charge is 0.323 e. The Morgan fingerprint density at radius 3 is 1.96 bits per heavy atom. The zero-order valence-electron chi connectivity index (χ0n) is 12.3. The van der Waals surface area contributed by atoms with Gasteiger partial charge in [0.25, 0.3) is 0 Å². The Labute approximate surface area is 143 Å². The largest absolute Gasteiger partial charge is 0.398 e. The Bertz CT molecular complexity index is 812. The lowest BCUT2D eigenvalue weighted by Crippen LogP contribution is -2.19. The summed E-state index contributed by atoms with van der Waals surface area (Å²) in [6.07, 6.45) is 0. The second-order valence-corrected chi connectivity index (χ2v) is 8.03. The highest BCUT2D eigenvalue weighted by atomic mass is 32.5. The van der Waals surface area contributed by atoms with Gasteiger partial charge in [0.05, 0.1) is 0 Å². The minimum absolute atomic E-state index is 0.0908. The average molecular weight is 400 g/mol. The highest BCUT2D eigenvalue weighted by Gasteiger charge is 2.65. The van der Waals surface area contributed by atoms with E-state index in [0.29, 0.717) is 16.3 Å². The van der Waals surface area contributed by atoms with E-state index in [-0.39, 0.29) is 17.8 Å². The zero-order valence-corrected chi connectivity index (χ0v) is 13.9. The zero-order chi connectivity index (χ0) is 18.9. The first-order valence-electron chi connectivity index (χ1n) is 6.47. The monoisotopic (exact) mass is 400 g/mol. The van der Waals surface area contributed by atoms with Crippen LogP contribution in [-0.4, -0.2) is 6.03 Å². The lowest BCUT2D eigenvalue weighted by Gasteiger charge is -2.40. The van der Waals surface area contributed by atoms with Gasteiger partial charge in [-0.05, 0) is 54.4 Å². The maximum absolute atomic E-state index is 12.6. The van der Waals surface area contributed by atoms with Crippen molar-refractivity contribution in [2.75, 3.05) is 16.4 Å². The van der Waals surface area contributed by atoms with Gasteiger partial charge in [-0.2, -0.15) is 0 Å². The van der Waals surface area contributed by atoms with Crippen LogP contribution in [0.4, 0.5) is 41.3 Å². The van der Waals surface area contributed by atoms with E-state index in [0.717, 1.165) is 24.1 Å². The van der Waals surface area contributed by atoms with Crippen LogP contribution in [0, 0.1) is 0 Å². The van der Waals surface area contributed by atoms with Crippen molar-refractivity contribution in [3.8, 4) is 0 Å². The molecule has 2 rings (SSSR count). The maximum Gasteiger partial charge on any atom is 0.323 e. The fourth-order valence-corrected chi connectivity index (χ4v) is 2.85. The number of carbonyl (C=O) groups excluding carboxylic acids is 1. The van der Waals surface area contributed by atoms with E-state index in [1.807, 2.05) is 0 Å². The van der Waals surface area contributed by atoms with Gasteiger partial charge in [-0.15, -0.1) is 0 Å². The maximum atomic E-state index is 12.6. The molecule has 0 aliphatic heterocycles. The third-order valence-electron chi connectivity index (χ3n) is 2.96. The van der Waals surface area contributed by atoms with E-state index in [4.69, 9.17) is 10.9 Å². The molecule has 0 radical (unpaired) electrons. The van der Waals surface area contributed by atoms with Crippen LogP contribution < -0.4 is 21.5 Å². The van der Waals surface area contributed by atoms with Crippen LogP contribution in [-0.2, 0) is 0 Å². The molecular weight excluding hydrogens is 387 g/mol. The van der Waals surface area contributed by atoms with Crippen molar-refractivity contribution < 1.29 is 24.2 Å². The highest BCUT2D eigenvalue weighted by molar-refractivity contribution is 8.45. The summed E-state index contributed by atoms with van der Waals surface area (Å²) in [6.45, 7) is 0. The van der Waals surface area contributed by atoms with Crippen molar-refractivity contribution in [2.45, 2.75) is 9.79 Å². The molecule has 6 N–H and O–H groups in total. The first-order valence-corrected chi connectivity index (χ1v) is 9.30. The van der Waals surface area contributed by atoms with Crippen LogP contribution in [0.15, 0.2) is 52.3 Å². The molecule has 0 saturated heterocycles. The van der Waals surface area contributed by atoms with Crippen molar-refractivity contribution >= 4 is 45.3 Å². The number of nitrogens with two attached hydrogens (primary N) is 2. The average Bonchev–Trinajstić information content (AvgIpc) is 2.47.